The molecule has 0 atom stereocenters. The van der Waals surface area contributed by atoms with Gasteiger partial charge in [0.15, 0.2) is 6.73 Å². The summed E-state index contributed by atoms with van der Waals surface area (Å²) in [5.74, 6) is 0. The molecule has 0 aromatic carbocycles. The van der Waals surface area contributed by atoms with E-state index in [9.17, 15) is 0 Å². The molecule has 1 saturated heterocycles. The first-order valence-corrected chi connectivity index (χ1v) is 4.18. The third-order valence-corrected chi connectivity index (χ3v) is 2.25. The number of hydrogen-bond donors (Lipinski definition) is 0. The Morgan fingerprint density at radius 1 is 1.27 bits per heavy atom. The van der Waals surface area contributed by atoms with E-state index in [2.05, 4.69) is 14.0 Å². The van der Waals surface area contributed by atoms with Gasteiger partial charge < -0.3 is 14.7 Å². The van der Waals surface area contributed by atoms with Crippen molar-refractivity contribution in [3.8, 4) is 0 Å². The van der Waals surface area contributed by atoms with Crippen LogP contribution in [0, 0.1) is 0 Å². The van der Waals surface area contributed by atoms with Crippen LogP contribution in [0.1, 0.15) is 19.8 Å². The van der Waals surface area contributed by atoms with Crippen LogP contribution < -0.4 is 0 Å². The third kappa shape index (κ3) is 3.18. The molecule has 1 N–H and O–H groups in total. The molecule has 11 heavy (non-hydrogen) atoms. The SMILES string of the molecule is CCOC[N+]1(C)CCCC1.[OH-]. The van der Waals surface area contributed by atoms with Crippen molar-refractivity contribution in [2.75, 3.05) is 33.5 Å². The number of likely N-dealkylation sites (tertiary alicyclic amines) is 1. The molecule has 0 aromatic rings. The van der Waals surface area contributed by atoms with Crippen molar-refractivity contribution in [1.82, 2.24) is 0 Å². The van der Waals surface area contributed by atoms with Crippen LogP contribution in [0.5, 0.6) is 0 Å². The van der Waals surface area contributed by atoms with Crippen LogP contribution >= 0.6 is 0 Å². The highest BCUT2D eigenvalue weighted by molar-refractivity contribution is 4.48. The molecule has 0 unspecified atom stereocenters. The molecule has 3 heteroatoms. The maximum Gasteiger partial charge on any atom is 0.182 e. The lowest BCUT2D eigenvalue weighted by Crippen LogP contribution is -2.42. The molecule has 0 amide bonds. The molecule has 3 nitrogen and oxygen atoms in total. The molecule has 0 saturated carbocycles. The Morgan fingerprint density at radius 2 is 1.82 bits per heavy atom. The van der Waals surface area contributed by atoms with E-state index < -0.39 is 0 Å². The van der Waals surface area contributed by atoms with E-state index >= 15 is 0 Å². The molecule has 0 spiro atoms. The molecular weight excluding hydrogens is 142 g/mol. The summed E-state index contributed by atoms with van der Waals surface area (Å²) in [5, 5.41) is 0. The fraction of sp³-hybridized carbons (Fsp3) is 1.00. The number of quaternary nitrogens is 1. The van der Waals surface area contributed by atoms with Crippen molar-refractivity contribution >= 4 is 0 Å². The summed E-state index contributed by atoms with van der Waals surface area (Å²) in [6.45, 7) is 6.44. The monoisotopic (exact) mass is 161 g/mol. The second-order valence-corrected chi connectivity index (χ2v) is 3.40. The molecule has 1 heterocycles. The van der Waals surface area contributed by atoms with Crippen LogP contribution in [0.25, 0.3) is 0 Å². The lowest BCUT2D eigenvalue weighted by molar-refractivity contribution is -0.916. The Morgan fingerprint density at radius 3 is 2.27 bits per heavy atom. The van der Waals surface area contributed by atoms with Gasteiger partial charge in [-0.2, -0.15) is 0 Å². The largest absolute Gasteiger partial charge is 0.870 e. The number of hydrogen-bond acceptors (Lipinski definition) is 2. The normalized spacial score (nSPS) is 21.3. The van der Waals surface area contributed by atoms with Crippen LogP contribution in [0.3, 0.4) is 0 Å². The predicted octanol–water partition coefficient (Wildman–Crippen LogP) is 1.04. The highest BCUT2D eigenvalue weighted by Gasteiger charge is 2.26. The van der Waals surface area contributed by atoms with Crippen LogP contribution in [-0.4, -0.2) is 43.4 Å². The average molecular weight is 161 g/mol. The highest BCUT2D eigenvalue weighted by Crippen LogP contribution is 2.15. The van der Waals surface area contributed by atoms with Gasteiger partial charge in [-0.05, 0) is 6.92 Å². The minimum atomic E-state index is 0. The highest BCUT2D eigenvalue weighted by atomic mass is 16.5. The van der Waals surface area contributed by atoms with Crippen molar-refractivity contribution in [2.24, 2.45) is 0 Å². The molecule has 0 radical (unpaired) electrons. The quantitative estimate of drug-likeness (QED) is 0.580. The first-order chi connectivity index (χ1) is 4.77. The molecule has 0 bridgehead atoms. The molecule has 1 aliphatic rings. The van der Waals surface area contributed by atoms with Gasteiger partial charge in [-0.25, -0.2) is 0 Å². The summed E-state index contributed by atoms with van der Waals surface area (Å²) in [7, 11) is 2.28. The molecule has 68 valence electrons. The molecular formula is C8H19NO2. The number of ether oxygens (including phenoxy) is 1. The van der Waals surface area contributed by atoms with E-state index in [-0.39, 0.29) is 5.48 Å². The zero-order valence-electron chi connectivity index (χ0n) is 7.55. The van der Waals surface area contributed by atoms with E-state index in [1.165, 1.54) is 25.9 Å². The standard InChI is InChI=1S/C8H18NO.H2O/c1-3-10-8-9(2)6-4-5-7-9;/h3-8H2,1-2H3;1H2/q+1;/p-1. The van der Waals surface area contributed by atoms with Crippen molar-refractivity contribution < 1.29 is 14.7 Å². The Labute approximate surface area is 68.9 Å². The van der Waals surface area contributed by atoms with Crippen molar-refractivity contribution in [3.05, 3.63) is 0 Å². The molecule has 1 aliphatic heterocycles. The lowest BCUT2D eigenvalue weighted by atomic mass is 10.4. The van der Waals surface area contributed by atoms with E-state index in [1.807, 2.05) is 0 Å². The van der Waals surface area contributed by atoms with Gasteiger partial charge in [-0.15, -0.1) is 0 Å². The second-order valence-electron chi connectivity index (χ2n) is 3.40. The maximum atomic E-state index is 5.39. The van der Waals surface area contributed by atoms with Crippen LogP contribution in [0.4, 0.5) is 0 Å². The Hall–Kier alpha value is -0.120. The van der Waals surface area contributed by atoms with Gasteiger partial charge in [-0.3, -0.25) is 0 Å². The van der Waals surface area contributed by atoms with Gasteiger partial charge in [-0.1, -0.05) is 0 Å². The van der Waals surface area contributed by atoms with Crippen LogP contribution in [-0.2, 0) is 4.74 Å². The first-order valence-electron chi connectivity index (χ1n) is 4.18. The van der Waals surface area contributed by atoms with E-state index in [4.69, 9.17) is 4.74 Å². The van der Waals surface area contributed by atoms with Gasteiger partial charge in [0, 0.05) is 19.4 Å². The van der Waals surface area contributed by atoms with Crippen LogP contribution in [0.15, 0.2) is 0 Å². The van der Waals surface area contributed by atoms with Gasteiger partial charge in [0.25, 0.3) is 0 Å². The summed E-state index contributed by atoms with van der Waals surface area (Å²) in [6, 6.07) is 0. The third-order valence-electron chi connectivity index (χ3n) is 2.25. The van der Waals surface area contributed by atoms with Crippen molar-refractivity contribution in [3.63, 3.8) is 0 Å². The summed E-state index contributed by atoms with van der Waals surface area (Å²) >= 11 is 0. The van der Waals surface area contributed by atoms with Gasteiger partial charge in [0.1, 0.15) is 0 Å². The lowest BCUT2D eigenvalue weighted by Gasteiger charge is -2.27. The maximum absolute atomic E-state index is 5.39. The smallest absolute Gasteiger partial charge is 0.182 e. The zero-order chi connectivity index (χ0) is 7.45. The minimum Gasteiger partial charge on any atom is -0.870 e. The first kappa shape index (κ1) is 10.9. The molecule has 1 rings (SSSR count). The summed E-state index contributed by atoms with van der Waals surface area (Å²) in [6.07, 6.45) is 2.76. The Balaban J connectivity index is 0.000001000. The van der Waals surface area contributed by atoms with Crippen molar-refractivity contribution in [2.45, 2.75) is 19.8 Å². The minimum absolute atomic E-state index is 0. The Kier molecular flexibility index (Phi) is 4.65. The second kappa shape index (κ2) is 4.70. The molecule has 0 aliphatic carbocycles. The van der Waals surface area contributed by atoms with E-state index in [0.29, 0.717) is 0 Å². The topological polar surface area (TPSA) is 39.2 Å². The number of nitrogens with zero attached hydrogens (tertiary/aromatic N) is 1. The molecule has 0 aromatic heterocycles. The fourth-order valence-electron chi connectivity index (χ4n) is 1.54. The fourth-order valence-corrected chi connectivity index (χ4v) is 1.54. The predicted molar refractivity (Wildman–Crippen MR) is 43.6 cm³/mol. The summed E-state index contributed by atoms with van der Waals surface area (Å²) < 4.78 is 6.53. The average Bonchev–Trinajstić information content (AvgIpc) is 2.33. The van der Waals surface area contributed by atoms with Crippen LogP contribution in [0.2, 0.25) is 0 Å². The van der Waals surface area contributed by atoms with Gasteiger partial charge in [0.2, 0.25) is 0 Å². The number of rotatable bonds is 3. The zero-order valence-corrected chi connectivity index (χ0v) is 7.55. The van der Waals surface area contributed by atoms with Gasteiger partial charge >= 0.3 is 0 Å². The van der Waals surface area contributed by atoms with Crippen molar-refractivity contribution in [1.29, 1.82) is 0 Å². The summed E-state index contributed by atoms with van der Waals surface area (Å²) in [5.41, 5.74) is 0. The summed E-state index contributed by atoms with van der Waals surface area (Å²) in [4.78, 5) is 0. The Bertz CT molecular complexity index is 100. The molecule has 1 fully saturated rings. The van der Waals surface area contributed by atoms with E-state index in [0.717, 1.165) is 17.8 Å². The van der Waals surface area contributed by atoms with E-state index in [1.54, 1.807) is 0 Å². The van der Waals surface area contributed by atoms with Gasteiger partial charge in [0.05, 0.1) is 20.1 Å².